The average molecular weight is 256 g/mol. The Kier molecular flexibility index (Phi) is 6.12. The first-order chi connectivity index (χ1) is 8.07. The van der Waals surface area contributed by atoms with Gasteiger partial charge in [0, 0.05) is 30.1 Å². The van der Waals surface area contributed by atoms with Crippen molar-refractivity contribution in [3.05, 3.63) is 22.4 Å². The molecule has 0 aliphatic carbocycles. The zero-order valence-electron chi connectivity index (χ0n) is 11.0. The normalized spacial score (nSPS) is 15.5. The molecule has 2 unspecified atom stereocenters. The minimum Gasteiger partial charge on any atom is -0.396 e. The van der Waals surface area contributed by atoms with Gasteiger partial charge < -0.3 is 10.8 Å². The lowest BCUT2D eigenvalue weighted by Crippen LogP contribution is -2.43. The van der Waals surface area contributed by atoms with Gasteiger partial charge in [-0.3, -0.25) is 4.90 Å². The van der Waals surface area contributed by atoms with E-state index < -0.39 is 0 Å². The molecule has 17 heavy (non-hydrogen) atoms. The van der Waals surface area contributed by atoms with Gasteiger partial charge in [-0.25, -0.2) is 0 Å². The first-order valence-corrected chi connectivity index (χ1v) is 7.11. The minimum absolute atomic E-state index is 0.0924. The summed E-state index contributed by atoms with van der Waals surface area (Å²) in [6, 6.07) is 4.99. The summed E-state index contributed by atoms with van der Waals surface area (Å²) < 4.78 is 0. The van der Waals surface area contributed by atoms with Gasteiger partial charge in [0.15, 0.2) is 0 Å². The van der Waals surface area contributed by atoms with Crippen LogP contribution in [0.25, 0.3) is 0 Å². The molecule has 3 nitrogen and oxygen atoms in total. The van der Waals surface area contributed by atoms with Crippen molar-refractivity contribution >= 4 is 11.3 Å². The first-order valence-electron chi connectivity index (χ1n) is 6.23. The molecule has 1 heterocycles. The predicted molar refractivity (Wildman–Crippen MR) is 74.3 cm³/mol. The summed E-state index contributed by atoms with van der Waals surface area (Å²) in [6.07, 6.45) is 0.798. The molecular formula is C13H24N2OS. The van der Waals surface area contributed by atoms with Crippen LogP contribution in [0.5, 0.6) is 0 Å². The largest absolute Gasteiger partial charge is 0.396 e. The minimum atomic E-state index is 0.0924. The molecule has 0 bridgehead atoms. The lowest BCUT2D eigenvalue weighted by molar-refractivity contribution is 0.125. The van der Waals surface area contributed by atoms with E-state index in [4.69, 9.17) is 10.8 Å². The van der Waals surface area contributed by atoms with E-state index in [-0.39, 0.29) is 18.7 Å². The smallest absolute Gasteiger partial charge is 0.0592 e. The molecule has 0 radical (unpaired) electrons. The van der Waals surface area contributed by atoms with E-state index in [0.29, 0.717) is 6.04 Å². The lowest BCUT2D eigenvalue weighted by Gasteiger charge is -2.36. The summed E-state index contributed by atoms with van der Waals surface area (Å²) in [7, 11) is 0. The Morgan fingerprint density at radius 1 is 1.41 bits per heavy atom. The Balaban J connectivity index is 2.86. The Bertz CT molecular complexity index is 298. The lowest BCUT2D eigenvalue weighted by atomic mass is 10.0. The molecule has 3 N–H and O–H groups in total. The van der Waals surface area contributed by atoms with Crippen molar-refractivity contribution in [3.8, 4) is 0 Å². The monoisotopic (exact) mass is 256 g/mol. The van der Waals surface area contributed by atoms with E-state index in [0.717, 1.165) is 13.0 Å². The number of aliphatic hydroxyl groups excluding tert-OH is 1. The molecular weight excluding hydrogens is 232 g/mol. The van der Waals surface area contributed by atoms with Crippen LogP contribution in [0.4, 0.5) is 0 Å². The summed E-state index contributed by atoms with van der Waals surface area (Å²) in [6.45, 7) is 7.54. The number of nitrogens with zero attached hydrogens (tertiary/aromatic N) is 1. The van der Waals surface area contributed by atoms with Crippen LogP contribution in [0.2, 0.25) is 0 Å². The topological polar surface area (TPSA) is 49.5 Å². The molecule has 0 saturated carbocycles. The second kappa shape index (κ2) is 7.11. The molecule has 98 valence electrons. The Labute approximate surface area is 108 Å². The van der Waals surface area contributed by atoms with E-state index in [1.165, 1.54) is 4.88 Å². The van der Waals surface area contributed by atoms with Crippen molar-refractivity contribution < 1.29 is 5.11 Å². The average Bonchev–Trinajstić information content (AvgIpc) is 2.76. The number of thiophene rings is 1. The van der Waals surface area contributed by atoms with Crippen LogP contribution >= 0.6 is 11.3 Å². The fraction of sp³-hybridized carbons (Fsp3) is 0.692. The molecule has 0 spiro atoms. The zero-order chi connectivity index (χ0) is 12.8. The van der Waals surface area contributed by atoms with Gasteiger partial charge in [-0.2, -0.15) is 0 Å². The molecule has 0 fully saturated rings. The third-order valence-electron chi connectivity index (χ3n) is 2.93. The highest BCUT2D eigenvalue weighted by molar-refractivity contribution is 7.10. The van der Waals surface area contributed by atoms with Gasteiger partial charge in [-0.15, -0.1) is 11.3 Å². The maximum atomic E-state index is 8.99. The van der Waals surface area contributed by atoms with Crippen LogP contribution < -0.4 is 5.73 Å². The zero-order valence-corrected chi connectivity index (χ0v) is 11.8. The van der Waals surface area contributed by atoms with E-state index in [1.54, 1.807) is 11.3 Å². The van der Waals surface area contributed by atoms with Crippen LogP contribution in [-0.4, -0.2) is 35.2 Å². The van der Waals surface area contributed by atoms with Gasteiger partial charge >= 0.3 is 0 Å². The van der Waals surface area contributed by atoms with Gasteiger partial charge in [0.2, 0.25) is 0 Å². The standard InChI is InChI=1S/C13H24N2OS/c1-10(2)15(7-5-8-16)13(11(3)14)12-6-4-9-17-12/h4,6,9-11,13,16H,5,7-8,14H2,1-3H3. The first kappa shape index (κ1) is 14.6. The molecule has 0 aliphatic rings. The van der Waals surface area contributed by atoms with Crippen LogP contribution in [-0.2, 0) is 0 Å². The quantitative estimate of drug-likeness (QED) is 0.786. The summed E-state index contributed by atoms with van der Waals surface area (Å²) in [5, 5.41) is 11.1. The Morgan fingerprint density at radius 3 is 2.53 bits per heavy atom. The number of aliphatic hydroxyl groups is 1. The van der Waals surface area contributed by atoms with Crippen LogP contribution in [0, 0.1) is 0 Å². The SMILES string of the molecule is CC(N)C(c1cccs1)N(CCCO)C(C)C. The maximum Gasteiger partial charge on any atom is 0.0592 e. The number of hydrogen-bond donors (Lipinski definition) is 2. The van der Waals surface area contributed by atoms with Crippen LogP contribution in [0.15, 0.2) is 17.5 Å². The molecule has 0 saturated heterocycles. The van der Waals surface area contributed by atoms with Gasteiger partial charge in [-0.1, -0.05) is 6.07 Å². The third kappa shape index (κ3) is 4.07. The molecule has 0 aromatic carbocycles. The van der Waals surface area contributed by atoms with Gasteiger partial charge in [-0.05, 0) is 38.6 Å². The highest BCUT2D eigenvalue weighted by Gasteiger charge is 2.26. The van der Waals surface area contributed by atoms with Crippen LogP contribution in [0.3, 0.4) is 0 Å². The maximum absolute atomic E-state index is 8.99. The molecule has 1 aromatic heterocycles. The predicted octanol–water partition coefficient (Wildman–Crippen LogP) is 2.23. The molecule has 0 aliphatic heterocycles. The van der Waals surface area contributed by atoms with Crippen molar-refractivity contribution in [1.82, 2.24) is 4.90 Å². The second-order valence-corrected chi connectivity index (χ2v) is 5.71. The van der Waals surface area contributed by atoms with E-state index in [9.17, 15) is 0 Å². The van der Waals surface area contributed by atoms with Gasteiger partial charge in [0.05, 0.1) is 6.04 Å². The number of rotatable bonds is 7. The molecule has 4 heteroatoms. The van der Waals surface area contributed by atoms with E-state index in [2.05, 4.69) is 43.2 Å². The van der Waals surface area contributed by atoms with Crippen molar-refractivity contribution in [2.24, 2.45) is 5.73 Å². The van der Waals surface area contributed by atoms with Gasteiger partial charge in [0.25, 0.3) is 0 Å². The second-order valence-electron chi connectivity index (χ2n) is 4.73. The molecule has 2 atom stereocenters. The molecule has 1 rings (SSSR count). The fourth-order valence-corrected chi connectivity index (χ4v) is 3.12. The molecule has 1 aromatic rings. The fourth-order valence-electron chi connectivity index (χ4n) is 2.16. The van der Waals surface area contributed by atoms with E-state index >= 15 is 0 Å². The summed E-state index contributed by atoms with van der Waals surface area (Å²) in [5.41, 5.74) is 6.14. The third-order valence-corrected chi connectivity index (χ3v) is 3.87. The highest BCUT2D eigenvalue weighted by atomic mass is 32.1. The van der Waals surface area contributed by atoms with E-state index in [1.807, 2.05) is 0 Å². The van der Waals surface area contributed by atoms with Crippen molar-refractivity contribution in [3.63, 3.8) is 0 Å². The van der Waals surface area contributed by atoms with Gasteiger partial charge in [0.1, 0.15) is 0 Å². The summed E-state index contributed by atoms with van der Waals surface area (Å²) in [5.74, 6) is 0. The van der Waals surface area contributed by atoms with Crippen molar-refractivity contribution in [2.75, 3.05) is 13.2 Å². The Morgan fingerprint density at radius 2 is 2.12 bits per heavy atom. The summed E-state index contributed by atoms with van der Waals surface area (Å²) in [4.78, 5) is 3.69. The summed E-state index contributed by atoms with van der Waals surface area (Å²) >= 11 is 1.75. The number of hydrogen-bond acceptors (Lipinski definition) is 4. The van der Waals surface area contributed by atoms with Crippen molar-refractivity contribution in [1.29, 1.82) is 0 Å². The van der Waals surface area contributed by atoms with Crippen molar-refractivity contribution in [2.45, 2.75) is 45.3 Å². The highest BCUT2D eigenvalue weighted by Crippen LogP contribution is 2.29. The van der Waals surface area contributed by atoms with Crippen LogP contribution in [0.1, 0.15) is 38.1 Å². The number of nitrogens with two attached hydrogens (primary N) is 1. The molecule has 0 amide bonds. The Hall–Kier alpha value is -0.420.